The molecule has 0 radical (unpaired) electrons. The first-order chi connectivity index (χ1) is 10.2. The minimum absolute atomic E-state index is 0.0703. The molecule has 0 saturated heterocycles. The molecule has 0 aliphatic rings. The highest BCUT2D eigenvalue weighted by molar-refractivity contribution is 7.91. The van der Waals surface area contributed by atoms with Crippen LogP contribution >= 0.6 is 11.3 Å². The molecule has 0 aliphatic heterocycles. The average Bonchev–Trinajstić information content (AvgIpc) is 2.86. The normalized spacial score (nSPS) is 12.5. The first-order valence-electron chi connectivity index (χ1n) is 6.85. The summed E-state index contributed by atoms with van der Waals surface area (Å²) in [5.74, 6) is -0.0703. The second-order valence-corrected chi connectivity index (χ2v) is 8.56. The topological polar surface area (TPSA) is 82.3 Å². The highest BCUT2D eigenvalue weighted by Crippen LogP contribution is 2.27. The Morgan fingerprint density at radius 3 is 2.45 bits per heavy atom. The molecule has 0 saturated carbocycles. The molecular formula is C15H20N2O3S2. The number of ether oxygens (including phenoxy) is 1. The minimum atomic E-state index is -3.34. The molecule has 120 valence electrons. The van der Waals surface area contributed by atoms with Crippen LogP contribution in [0.5, 0.6) is 0 Å². The molecule has 2 aromatic rings. The number of thiazole rings is 1. The van der Waals surface area contributed by atoms with Crippen molar-refractivity contribution >= 4 is 26.3 Å². The third-order valence-corrected chi connectivity index (χ3v) is 5.70. The van der Waals surface area contributed by atoms with Crippen LogP contribution in [0.3, 0.4) is 0 Å². The average molecular weight is 340 g/mol. The predicted octanol–water partition coefficient (Wildman–Crippen LogP) is 2.76. The number of nitrogens with zero attached hydrogens (tertiary/aromatic N) is 1. The number of hydrogen-bond acceptors (Lipinski definition) is 6. The molecule has 1 heterocycles. The number of sulfone groups is 1. The van der Waals surface area contributed by atoms with E-state index in [0.717, 1.165) is 5.56 Å². The molecule has 5 nitrogen and oxygen atoms in total. The number of aryl methyl sites for hydroxylation is 1. The fourth-order valence-electron chi connectivity index (χ4n) is 1.91. The van der Waals surface area contributed by atoms with Crippen molar-refractivity contribution in [1.29, 1.82) is 0 Å². The molecule has 0 unspecified atom stereocenters. The Morgan fingerprint density at radius 2 is 1.91 bits per heavy atom. The summed E-state index contributed by atoms with van der Waals surface area (Å²) in [4.78, 5) is 4.50. The van der Waals surface area contributed by atoms with E-state index < -0.39 is 15.4 Å². The highest BCUT2D eigenvalue weighted by atomic mass is 32.2. The molecule has 1 aromatic carbocycles. The van der Waals surface area contributed by atoms with Gasteiger partial charge in [0.25, 0.3) is 0 Å². The summed E-state index contributed by atoms with van der Waals surface area (Å²) >= 11 is 1.34. The monoisotopic (exact) mass is 340 g/mol. The number of hydrogen-bond donors (Lipinski definition) is 1. The number of anilines is 1. The third-order valence-electron chi connectivity index (χ3n) is 3.33. The van der Waals surface area contributed by atoms with E-state index in [1.54, 1.807) is 24.3 Å². The quantitative estimate of drug-likeness (QED) is 0.874. The summed E-state index contributed by atoms with van der Waals surface area (Å²) in [6, 6.07) is 6.82. The van der Waals surface area contributed by atoms with Crippen LogP contribution in [0.4, 0.5) is 5.13 Å². The first kappa shape index (κ1) is 16.9. The van der Waals surface area contributed by atoms with Gasteiger partial charge in [-0.15, -0.1) is 11.3 Å². The van der Waals surface area contributed by atoms with E-state index in [4.69, 9.17) is 10.5 Å². The predicted molar refractivity (Wildman–Crippen MR) is 88.7 cm³/mol. The van der Waals surface area contributed by atoms with Gasteiger partial charge in [-0.3, -0.25) is 0 Å². The van der Waals surface area contributed by atoms with Crippen molar-refractivity contribution in [3.05, 3.63) is 40.9 Å². The van der Waals surface area contributed by atoms with Crippen molar-refractivity contribution < 1.29 is 13.2 Å². The molecule has 7 heteroatoms. The molecule has 22 heavy (non-hydrogen) atoms. The molecule has 0 aliphatic carbocycles. The van der Waals surface area contributed by atoms with E-state index in [1.165, 1.54) is 11.3 Å². The maximum absolute atomic E-state index is 12.3. The van der Waals surface area contributed by atoms with Gasteiger partial charge < -0.3 is 10.5 Å². The van der Waals surface area contributed by atoms with E-state index >= 15 is 0 Å². The maximum atomic E-state index is 12.3. The van der Waals surface area contributed by atoms with Gasteiger partial charge in [-0.1, -0.05) is 17.7 Å². The lowest BCUT2D eigenvalue weighted by molar-refractivity contribution is -0.0156. The van der Waals surface area contributed by atoms with E-state index in [9.17, 15) is 8.42 Å². The van der Waals surface area contributed by atoms with Gasteiger partial charge in [0.1, 0.15) is 5.60 Å². The van der Waals surface area contributed by atoms with E-state index in [-0.39, 0.29) is 12.4 Å². The van der Waals surface area contributed by atoms with Gasteiger partial charge in [0.15, 0.2) is 15.0 Å². The standard InChI is InChI=1S/C15H20N2O3S2/c1-11-4-6-12(7-5-11)22(18,19)9-8-20-15(2,3)13-10-21-14(16)17-13/h4-7,10H,8-9H2,1-3H3,(H2,16,17). The van der Waals surface area contributed by atoms with Gasteiger partial charge in [0.2, 0.25) is 0 Å². The van der Waals surface area contributed by atoms with E-state index in [1.807, 2.05) is 26.2 Å². The lowest BCUT2D eigenvalue weighted by Gasteiger charge is -2.23. The van der Waals surface area contributed by atoms with Crippen molar-refractivity contribution in [2.75, 3.05) is 18.1 Å². The van der Waals surface area contributed by atoms with Crippen LogP contribution in [0.25, 0.3) is 0 Å². The van der Waals surface area contributed by atoms with Crippen LogP contribution in [0.1, 0.15) is 25.1 Å². The molecule has 2 N–H and O–H groups in total. The van der Waals surface area contributed by atoms with Gasteiger partial charge in [0, 0.05) is 5.38 Å². The van der Waals surface area contributed by atoms with Gasteiger partial charge in [-0.2, -0.15) is 0 Å². The van der Waals surface area contributed by atoms with Crippen molar-refractivity contribution in [3.63, 3.8) is 0 Å². The number of aromatic nitrogens is 1. The highest BCUT2D eigenvalue weighted by Gasteiger charge is 2.25. The van der Waals surface area contributed by atoms with Crippen molar-refractivity contribution in [1.82, 2.24) is 4.98 Å². The van der Waals surface area contributed by atoms with Gasteiger partial charge in [-0.05, 0) is 32.9 Å². The lowest BCUT2D eigenvalue weighted by Crippen LogP contribution is -2.25. The Kier molecular flexibility index (Phi) is 4.89. The van der Waals surface area contributed by atoms with Crippen molar-refractivity contribution in [2.45, 2.75) is 31.3 Å². The van der Waals surface area contributed by atoms with Gasteiger partial charge in [0.05, 0.1) is 22.9 Å². The van der Waals surface area contributed by atoms with Crippen LogP contribution in [-0.4, -0.2) is 25.8 Å². The molecule has 0 bridgehead atoms. The number of rotatable bonds is 6. The second kappa shape index (κ2) is 6.36. The summed E-state index contributed by atoms with van der Waals surface area (Å²) in [6.45, 7) is 5.71. The molecule has 0 fully saturated rings. The van der Waals surface area contributed by atoms with Crippen LogP contribution in [0.15, 0.2) is 34.5 Å². The summed E-state index contributed by atoms with van der Waals surface area (Å²) < 4.78 is 30.2. The van der Waals surface area contributed by atoms with E-state index in [0.29, 0.717) is 15.7 Å². The van der Waals surface area contributed by atoms with Gasteiger partial charge in [-0.25, -0.2) is 13.4 Å². The van der Waals surface area contributed by atoms with E-state index in [2.05, 4.69) is 4.98 Å². The molecule has 2 rings (SSSR count). The molecule has 0 atom stereocenters. The van der Waals surface area contributed by atoms with Crippen LogP contribution in [0, 0.1) is 6.92 Å². The number of nitrogen functional groups attached to an aromatic ring is 1. The number of benzene rings is 1. The second-order valence-electron chi connectivity index (χ2n) is 5.56. The molecule has 0 spiro atoms. The SMILES string of the molecule is Cc1ccc(S(=O)(=O)CCOC(C)(C)c2csc(N)n2)cc1. The smallest absolute Gasteiger partial charge is 0.180 e. The Bertz CT molecular complexity index is 734. The molecule has 1 aromatic heterocycles. The molecule has 0 amide bonds. The minimum Gasteiger partial charge on any atom is -0.375 e. The van der Waals surface area contributed by atoms with Crippen molar-refractivity contribution in [2.24, 2.45) is 0 Å². The molecular weight excluding hydrogens is 320 g/mol. The summed E-state index contributed by atoms with van der Waals surface area (Å²) in [7, 11) is -3.34. The summed E-state index contributed by atoms with van der Waals surface area (Å²) in [6.07, 6.45) is 0. The summed E-state index contributed by atoms with van der Waals surface area (Å²) in [5, 5.41) is 2.29. The summed E-state index contributed by atoms with van der Waals surface area (Å²) in [5.41, 5.74) is 6.68. The zero-order chi connectivity index (χ0) is 16.4. The third kappa shape index (κ3) is 4.06. The fourth-order valence-corrected chi connectivity index (χ4v) is 3.72. The lowest BCUT2D eigenvalue weighted by atomic mass is 10.1. The van der Waals surface area contributed by atoms with Crippen LogP contribution in [-0.2, 0) is 20.2 Å². The Labute approximate surface area is 135 Å². The largest absolute Gasteiger partial charge is 0.375 e. The van der Waals surface area contributed by atoms with Crippen LogP contribution < -0.4 is 5.73 Å². The van der Waals surface area contributed by atoms with Crippen LogP contribution in [0.2, 0.25) is 0 Å². The maximum Gasteiger partial charge on any atom is 0.180 e. The fraction of sp³-hybridized carbons (Fsp3) is 0.400. The zero-order valence-corrected chi connectivity index (χ0v) is 14.5. The number of nitrogens with two attached hydrogens (primary N) is 1. The Balaban J connectivity index is 1.99. The zero-order valence-electron chi connectivity index (χ0n) is 12.9. The Hall–Kier alpha value is -1.44. The first-order valence-corrected chi connectivity index (χ1v) is 9.39. The van der Waals surface area contributed by atoms with Crippen molar-refractivity contribution in [3.8, 4) is 0 Å². The Morgan fingerprint density at radius 1 is 1.27 bits per heavy atom. The van der Waals surface area contributed by atoms with Gasteiger partial charge >= 0.3 is 0 Å².